The minimum absolute atomic E-state index is 0.381. The molecule has 0 heterocycles. The molecule has 0 N–H and O–H groups in total. The van der Waals surface area contributed by atoms with E-state index in [0.717, 1.165) is 6.07 Å². The van der Waals surface area contributed by atoms with Crippen LogP contribution in [0.2, 0.25) is 0 Å². The summed E-state index contributed by atoms with van der Waals surface area (Å²) in [5, 5.41) is 0. The summed E-state index contributed by atoms with van der Waals surface area (Å²) >= 11 is 5.43. The van der Waals surface area contributed by atoms with Crippen molar-refractivity contribution in [1.29, 1.82) is 0 Å². The lowest BCUT2D eigenvalue weighted by Gasteiger charge is -1.95. The van der Waals surface area contributed by atoms with E-state index in [0.29, 0.717) is 17.9 Å². The highest BCUT2D eigenvalue weighted by Gasteiger charge is 1.98. The van der Waals surface area contributed by atoms with Crippen molar-refractivity contribution in [3.05, 3.63) is 41.5 Å². The maximum absolute atomic E-state index is 13.0. The minimum atomic E-state index is -0.563. The molecule has 0 saturated heterocycles. The quantitative estimate of drug-likeness (QED) is 0.657. The summed E-state index contributed by atoms with van der Waals surface area (Å²) in [4.78, 5) is 0. The van der Waals surface area contributed by atoms with Gasteiger partial charge < -0.3 is 0 Å². The topological polar surface area (TPSA) is 0 Å². The smallest absolute Gasteiger partial charge is 0.133 e. The van der Waals surface area contributed by atoms with Gasteiger partial charge in [0.15, 0.2) is 0 Å². The summed E-state index contributed by atoms with van der Waals surface area (Å²) in [7, 11) is 0. The van der Waals surface area contributed by atoms with Crippen LogP contribution < -0.4 is 0 Å². The zero-order valence-electron chi connectivity index (χ0n) is 6.93. The number of benzene rings is 1. The number of hydrogen-bond donors (Lipinski definition) is 0. The Morgan fingerprint density at radius 3 is 2.69 bits per heavy atom. The van der Waals surface area contributed by atoms with E-state index in [1.165, 1.54) is 12.1 Å². The zero-order valence-corrected chi connectivity index (χ0v) is 7.69. The molecule has 0 aliphatic heterocycles. The highest BCUT2D eigenvalue weighted by Crippen LogP contribution is 2.11. The maximum Gasteiger partial charge on any atom is 0.133 e. The van der Waals surface area contributed by atoms with Gasteiger partial charge in [-0.2, -0.15) is 0 Å². The molecule has 1 aromatic rings. The molecule has 13 heavy (non-hydrogen) atoms. The van der Waals surface area contributed by atoms with Crippen LogP contribution >= 0.6 is 11.6 Å². The van der Waals surface area contributed by atoms with Gasteiger partial charge in [-0.25, -0.2) is 8.78 Å². The third-order valence-electron chi connectivity index (χ3n) is 1.54. The fourth-order valence-corrected chi connectivity index (χ4v) is 1.04. The van der Waals surface area contributed by atoms with E-state index in [-0.39, 0.29) is 0 Å². The predicted molar refractivity (Wildman–Crippen MR) is 50.7 cm³/mol. The van der Waals surface area contributed by atoms with E-state index in [1.54, 1.807) is 12.2 Å². The first kappa shape index (κ1) is 10.2. The van der Waals surface area contributed by atoms with Crippen molar-refractivity contribution < 1.29 is 8.78 Å². The number of alkyl halides is 1. The monoisotopic (exact) mass is 202 g/mol. The molecule has 70 valence electrons. The van der Waals surface area contributed by atoms with Crippen molar-refractivity contribution in [2.75, 3.05) is 5.88 Å². The van der Waals surface area contributed by atoms with Gasteiger partial charge in [-0.1, -0.05) is 12.2 Å². The van der Waals surface area contributed by atoms with Crippen LogP contribution in [0, 0.1) is 11.6 Å². The van der Waals surface area contributed by atoms with E-state index in [2.05, 4.69) is 0 Å². The normalized spacial score (nSPS) is 11.0. The summed E-state index contributed by atoms with van der Waals surface area (Å²) in [5.74, 6) is -0.614. The Kier molecular flexibility index (Phi) is 3.90. The summed E-state index contributed by atoms with van der Waals surface area (Å²) in [6.45, 7) is 0. The van der Waals surface area contributed by atoms with Crippen LogP contribution in [0.25, 0.3) is 6.08 Å². The first-order valence-electron chi connectivity index (χ1n) is 3.91. The Morgan fingerprint density at radius 1 is 1.31 bits per heavy atom. The Bertz CT molecular complexity index is 308. The Labute approximate surface area is 80.8 Å². The highest BCUT2D eigenvalue weighted by molar-refractivity contribution is 6.17. The van der Waals surface area contributed by atoms with Gasteiger partial charge in [-0.05, 0) is 18.6 Å². The SMILES string of the molecule is Fc1ccc(C=CCCCl)c(F)c1. The lowest BCUT2D eigenvalue weighted by atomic mass is 10.2. The Balaban J connectivity index is 2.77. The first-order chi connectivity index (χ1) is 6.24. The van der Waals surface area contributed by atoms with Gasteiger partial charge in [0.05, 0.1) is 0 Å². The molecule has 0 aliphatic carbocycles. The molecule has 0 nitrogen and oxygen atoms in total. The zero-order chi connectivity index (χ0) is 9.68. The van der Waals surface area contributed by atoms with E-state index in [1.807, 2.05) is 0 Å². The summed E-state index contributed by atoms with van der Waals surface area (Å²) < 4.78 is 25.4. The number of allylic oxidation sites excluding steroid dienone is 1. The van der Waals surface area contributed by atoms with E-state index in [4.69, 9.17) is 11.6 Å². The largest absolute Gasteiger partial charge is 0.207 e. The highest BCUT2D eigenvalue weighted by atomic mass is 35.5. The van der Waals surface area contributed by atoms with Gasteiger partial charge in [-0.3, -0.25) is 0 Å². The number of rotatable bonds is 3. The van der Waals surface area contributed by atoms with Crippen molar-refractivity contribution in [3.63, 3.8) is 0 Å². The molecule has 0 unspecified atom stereocenters. The summed E-state index contributed by atoms with van der Waals surface area (Å²) in [6.07, 6.45) is 4.03. The average molecular weight is 203 g/mol. The van der Waals surface area contributed by atoms with Crippen LogP contribution in [-0.2, 0) is 0 Å². The molecule has 0 radical (unpaired) electrons. The van der Waals surface area contributed by atoms with Crippen molar-refractivity contribution in [2.24, 2.45) is 0 Å². The van der Waals surface area contributed by atoms with Crippen LogP contribution in [0.1, 0.15) is 12.0 Å². The minimum Gasteiger partial charge on any atom is -0.207 e. The molecule has 0 aromatic heterocycles. The van der Waals surface area contributed by atoms with Crippen LogP contribution in [-0.4, -0.2) is 5.88 Å². The first-order valence-corrected chi connectivity index (χ1v) is 4.45. The predicted octanol–water partition coefficient (Wildman–Crippen LogP) is 3.61. The van der Waals surface area contributed by atoms with Crippen molar-refractivity contribution in [1.82, 2.24) is 0 Å². The molecule has 0 bridgehead atoms. The van der Waals surface area contributed by atoms with Crippen molar-refractivity contribution in [2.45, 2.75) is 6.42 Å². The Hall–Kier alpha value is -0.890. The molecule has 0 atom stereocenters. The Morgan fingerprint density at radius 2 is 2.08 bits per heavy atom. The van der Waals surface area contributed by atoms with Crippen molar-refractivity contribution in [3.8, 4) is 0 Å². The standard InChI is InChI=1S/C10H9ClF2/c11-6-2-1-3-8-4-5-9(12)7-10(8)13/h1,3-5,7H,2,6H2. The molecule has 0 spiro atoms. The van der Waals surface area contributed by atoms with Crippen LogP contribution in [0.15, 0.2) is 24.3 Å². The van der Waals surface area contributed by atoms with Gasteiger partial charge in [0.2, 0.25) is 0 Å². The molecule has 0 amide bonds. The second kappa shape index (κ2) is 4.97. The second-order valence-corrected chi connectivity index (χ2v) is 2.92. The third-order valence-corrected chi connectivity index (χ3v) is 1.75. The third kappa shape index (κ3) is 3.15. The fraction of sp³-hybridized carbons (Fsp3) is 0.200. The molecule has 1 rings (SSSR count). The average Bonchev–Trinajstić information content (AvgIpc) is 2.09. The molecular formula is C10H9ClF2. The molecule has 1 aromatic carbocycles. The molecule has 0 aliphatic rings. The fourth-order valence-electron chi connectivity index (χ4n) is 0.910. The van der Waals surface area contributed by atoms with E-state index < -0.39 is 11.6 Å². The molecule has 3 heteroatoms. The van der Waals surface area contributed by atoms with Crippen LogP contribution in [0.4, 0.5) is 8.78 Å². The lowest BCUT2D eigenvalue weighted by Crippen LogP contribution is -1.83. The van der Waals surface area contributed by atoms with Crippen LogP contribution in [0.5, 0.6) is 0 Å². The number of hydrogen-bond acceptors (Lipinski definition) is 0. The van der Waals surface area contributed by atoms with Gasteiger partial charge in [0.25, 0.3) is 0 Å². The summed E-state index contributed by atoms with van der Waals surface area (Å²) in [5.41, 5.74) is 0.381. The van der Waals surface area contributed by atoms with Gasteiger partial charge in [-0.15, -0.1) is 11.6 Å². The van der Waals surface area contributed by atoms with E-state index >= 15 is 0 Å². The summed E-state index contributed by atoms with van der Waals surface area (Å²) in [6, 6.07) is 3.49. The van der Waals surface area contributed by atoms with Gasteiger partial charge in [0, 0.05) is 17.5 Å². The van der Waals surface area contributed by atoms with Crippen LogP contribution in [0.3, 0.4) is 0 Å². The molecular weight excluding hydrogens is 194 g/mol. The molecule has 0 fully saturated rings. The van der Waals surface area contributed by atoms with Crippen molar-refractivity contribution >= 4 is 17.7 Å². The van der Waals surface area contributed by atoms with E-state index in [9.17, 15) is 8.78 Å². The molecule has 0 saturated carbocycles. The maximum atomic E-state index is 13.0. The second-order valence-electron chi connectivity index (χ2n) is 2.55. The lowest BCUT2D eigenvalue weighted by molar-refractivity contribution is 0.581. The van der Waals surface area contributed by atoms with Gasteiger partial charge in [0.1, 0.15) is 11.6 Å². The number of halogens is 3. The van der Waals surface area contributed by atoms with Gasteiger partial charge >= 0.3 is 0 Å².